The van der Waals surface area contributed by atoms with E-state index in [0.717, 1.165) is 13.1 Å². The SMILES string of the molecule is CN1CCCN(C)P1N. The Bertz CT molecular complexity index is 88.2. The van der Waals surface area contributed by atoms with Crippen LogP contribution in [0, 0.1) is 0 Å². The first-order chi connectivity index (χ1) is 4.22. The van der Waals surface area contributed by atoms with Gasteiger partial charge in [-0.05, 0) is 20.5 Å². The molecule has 0 aromatic heterocycles. The molecule has 4 heteroatoms. The monoisotopic (exact) mass is 147 g/mol. The molecular weight excluding hydrogens is 133 g/mol. The minimum atomic E-state index is -0.447. The molecule has 0 bridgehead atoms. The predicted octanol–water partition coefficient (Wildman–Crippen LogP) is 0.439. The molecule has 54 valence electrons. The molecule has 1 saturated heterocycles. The molecule has 3 nitrogen and oxygen atoms in total. The summed E-state index contributed by atoms with van der Waals surface area (Å²) in [6.45, 7) is 2.32. The van der Waals surface area contributed by atoms with Crippen molar-refractivity contribution >= 4 is 8.37 Å². The van der Waals surface area contributed by atoms with Crippen molar-refractivity contribution in [3.05, 3.63) is 0 Å². The first-order valence-electron chi connectivity index (χ1n) is 3.19. The number of hydrogen-bond acceptors (Lipinski definition) is 3. The van der Waals surface area contributed by atoms with Crippen LogP contribution in [0.1, 0.15) is 6.42 Å². The molecule has 1 aliphatic rings. The van der Waals surface area contributed by atoms with Gasteiger partial charge in [-0.2, -0.15) is 0 Å². The fourth-order valence-corrected chi connectivity index (χ4v) is 2.21. The zero-order chi connectivity index (χ0) is 6.85. The van der Waals surface area contributed by atoms with Crippen molar-refractivity contribution in [1.29, 1.82) is 0 Å². The summed E-state index contributed by atoms with van der Waals surface area (Å²) in [7, 11) is 3.72. The normalized spacial score (nSPS) is 27.0. The summed E-state index contributed by atoms with van der Waals surface area (Å²) in [6, 6.07) is 0. The van der Waals surface area contributed by atoms with E-state index in [2.05, 4.69) is 23.4 Å². The number of nitrogens with two attached hydrogens (primary N) is 1. The molecule has 0 saturated carbocycles. The van der Waals surface area contributed by atoms with Crippen molar-refractivity contribution in [3.63, 3.8) is 0 Å². The second-order valence-electron chi connectivity index (χ2n) is 2.44. The highest BCUT2D eigenvalue weighted by Gasteiger charge is 2.19. The standard InChI is InChI=1S/C5H14N3P/c1-7-4-3-5-8(2)9(7)6/h3-6H2,1-2H3. The van der Waals surface area contributed by atoms with Gasteiger partial charge in [0.2, 0.25) is 0 Å². The van der Waals surface area contributed by atoms with E-state index in [-0.39, 0.29) is 0 Å². The summed E-state index contributed by atoms with van der Waals surface area (Å²) < 4.78 is 4.44. The Morgan fingerprint density at radius 3 is 2.00 bits per heavy atom. The van der Waals surface area contributed by atoms with Crippen molar-refractivity contribution in [1.82, 2.24) is 9.34 Å². The van der Waals surface area contributed by atoms with Gasteiger partial charge in [0.15, 0.2) is 0 Å². The quantitative estimate of drug-likeness (QED) is 0.504. The van der Waals surface area contributed by atoms with Gasteiger partial charge < -0.3 is 0 Å². The van der Waals surface area contributed by atoms with Gasteiger partial charge in [0.05, 0.1) is 0 Å². The minimum Gasteiger partial charge on any atom is -0.285 e. The number of hydrogen-bond donors (Lipinski definition) is 1. The van der Waals surface area contributed by atoms with Crippen LogP contribution >= 0.6 is 8.37 Å². The van der Waals surface area contributed by atoms with Crippen molar-refractivity contribution in [2.75, 3.05) is 27.2 Å². The van der Waals surface area contributed by atoms with E-state index in [9.17, 15) is 0 Å². The van der Waals surface area contributed by atoms with Gasteiger partial charge in [-0.15, -0.1) is 0 Å². The third kappa shape index (κ3) is 1.62. The Labute approximate surface area is 57.7 Å². The summed E-state index contributed by atoms with van der Waals surface area (Å²) in [5, 5.41) is 0. The number of rotatable bonds is 0. The van der Waals surface area contributed by atoms with Gasteiger partial charge >= 0.3 is 0 Å². The van der Waals surface area contributed by atoms with Crippen LogP contribution in [0.15, 0.2) is 0 Å². The summed E-state index contributed by atoms with van der Waals surface area (Å²) in [5.74, 6) is 0. The lowest BCUT2D eigenvalue weighted by molar-refractivity contribution is 0.384. The largest absolute Gasteiger partial charge is 0.285 e. The lowest BCUT2D eigenvalue weighted by Crippen LogP contribution is -2.35. The second kappa shape index (κ2) is 2.93. The van der Waals surface area contributed by atoms with Crippen LogP contribution in [0.25, 0.3) is 0 Å². The fourth-order valence-electron chi connectivity index (χ4n) is 0.994. The maximum absolute atomic E-state index is 5.84. The lowest BCUT2D eigenvalue weighted by Gasteiger charge is -2.36. The molecule has 0 aliphatic carbocycles. The van der Waals surface area contributed by atoms with Crippen molar-refractivity contribution < 1.29 is 0 Å². The first-order valence-corrected chi connectivity index (χ1v) is 4.50. The topological polar surface area (TPSA) is 32.5 Å². The molecule has 0 unspecified atom stereocenters. The van der Waals surface area contributed by atoms with Crippen LogP contribution in [-0.2, 0) is 0 Å². The molecule has 2 N–H and O–H groups in total. The highest BCUT2D eigenvalue weighted by molar-refractivity contribution is 7.50. The molecule has 0 atom stereocenters. The zero-order valence-electron chi connectivity index (χ0n) is 6.04. The Morgan fingerprint density at radius 1 is 1.22 bits per heavy atom. The van der Waals surface area contributed by atoms with Gasteiger partial charge in [-0.3, -0.25) is 14.8 Å². The summed E-state index contributed by atoms with van der Waals surface area (Å²) >= 11 is 0. The molecule has 0 amide bonds. The number of nitrogens with zero attached hydrogens (tertiary/aromatic N) is 2. The predicted molar refractivity (Wildman–Crippen MR) is 41.0 cm³/mol. The smallest absolute Gasteiger partial charge is 0.113 e. The van der Waals surface area contributed by atoms with Crippen LogP contribution < -0.4 is 5.50 Å². The Kier molecular flexibility index (Phi) is 2.42. The Balaban J connectivity index is 2.41. The maximum Gasteiger partial charge on any atom is 0.113 e. The third-order valence-electron chi connectivity index (χ3n) is 1.66. The van der Waals surface area contributed by atoms with E-state index < -0.39 is 8.37 Å². The fraction of sp³-hybridized carbons (Fsp3) is 1.00. The van der Waals surface area contributed by atoms with E-state index in [1.54, 1.807) is 0 Å². The van der Waals surface area contributed by atoms with Crippen molar-refractivity contribution in [2.24, 2.45) is 5.50 Å². The van der Waals surface area contributed by atoms with E-state index in [1.807, 2.05) is 0 Å². The summed E-state index contributed by atoms with van der Waals surface area (Å²) in [4.78, 5) is 0. The third-order valence-corrected chi connectivity index (χ3v) is 3.46. The van der Waals surface area contributed by atoms with Gasteiger partial charge in [-0.1, -0.05) is 0 Å². The van der Waals surface area contributed by atoms with E-state index in [0.29, 0.717) is 0 Å². The van der Waals surface area contributed by atoms with Crippen LogP contribution in [0.5, 0.6) is 0 Å². The Morgan fingerprint density at radius 2 is 1.67 bits per heavy atom. The highest BCUT2D eigenvalue weighted by Crippen LogP contribution is 2.36. The average Bonchev–Trinajstić information content (AvgIpc) is 1.83. The van der Waals surface area contributed by atoms with Crippen molar-refractivity contribution in [3.8, 4) is 0 Å². The Hall–Kier alpha value is 0.310. The van der Waals surface area contributed by atoms with Gasteiger partial charge in [-0.25, -0.2) is 0 Å². The molecule has 0 aromatic rings. The maximum atomic E-state index is 5.84. The molecule has 0 radical (unpaired) electrons. The highest BCUT2D eigenvalue weighted by atomic mass is 31.1. The molecule has 1 heterocycles. The van der Waals surface area contributed by atoms with Crippen LogP contribution in [0.2, 0.25) is 0 Å². The molecule has 1 rings (SSSR count). The molecular formula is C5H14N3P. The van der Waals surface area contributed by atoms with Gasteiger partial charge in [0.1, 0.15) is 8.37 Å². The van der Waals surface area contributed by atoms with Gasteiger partial charge in [0, 0.05) is 13.1 Å². The summed E-state index contributed by atoms with van der Waals surface area (Å²) in [5.41, 5.74) is 5.84. The van der Waals surface area contributed by atoms with E-state index >= 15 is 0 Å². The molecule has 1 aliphatic heterocycles. The lowest BCUT2D eigenvalue weighted by atomic mass is 10.4. The van der Waals surface area contributed by atoms with Crippen LogP contribution in [0.3, 0.4) is 0 Å². The van der Waals surface area contributed by atoms with Crippen molar-refractivity contribution in [2.45, 2.75) is 6.42 Å². The van der Waals surface area contributed by atoms with Crippen LogP contribution in [0.4, 0.5) is 0 Å². The zero-order valence-corrected chi connectivity index (χ0v) is 6.93. The van der Waals surface area contributed by atoms with E-state index in [4.69, 9.17) is 5.50 Å². The molecule has 0 spiro atoms. The first kappa shape index (κ1) is 7.42. The molecule has 1 fully saturated rings. The second-order valence-corrected chi connectivity index (χ2v) is 4.44. The molecule has 0 aromatic carbocycles. The summed E-state index contributed by atoms with van der Waals surface area (Å²) in [6.07, 6.45) is 1.25. The van der Waals surface area contributed by atoms with Crippen LogP contribution in [-0.4, -0.2) is 36.5 Å². The minimum absolute atomic E-state index is 0.447. The van der Waals surface area contributed by atoms with Gasteiger partial charge in [0.25, 0.3) is 0 Å². The average molecular weight is 147 g/mol. The molecule has 9 heavy (non-hydrogen) atoms. The van der Waals surface area contributed by atoms with E-state index in [1.165, 1.54) is 6.42 Å².